The second kappa shape index (κ2) is 3.57. The summed E-state index contributed by atoms with van der Waals surface area (Å²) in [5, 5.41) is 10.1. The molecule has 1 N–H and O–H groups in total. The van der Waals surface area contributed by atoms with Crippen molar-refractivity contribution in [3.8, 4) is 0 Å². The molecule has 74 valence electrons. The molecule has 0 aromatic heterocycles. The topological polar surface area (TPSA) is 20.2 Å². The van der Waals surface area contributed by atoms with Gasteiger partial charge in [-0.1, -0.05) is 39.8 Å². The Bertz CT molecular complexity index is 250. The minimum atomic E-state index is -0.0416. The van der Waals surface area contributed by atoms with E-state index >= 15 is 0 Å². The van der Waals surface area contributed by atoms with Crippen LogP contribution in [0.3, 0.4) is 0 Å². The number of aliphatic hydroxyl groups is 1. The van der Waals surface area contributed by atoms with E-state index in [2.05, 4.69) is 39.8 Å². The van der Waals surface area contributed by atoms with E-state index in [-0.39, 0.29) is 5.41 Å². The van der Waals surface area contributed by atoms with Crippen LogP contribution in [0.5, 0.6) is 0 Å². The zero-order valence-electron chi connectivity index (χ0n) is 9.09. The van der Waals surface area contributed by atoms with Crippen molar-refractivity contribution in [2.24, 2.45) is 11.3 Å². The highest BCUT2D eigenvalue weighted by atomic mass is 16.3. The summed E-state index contributed by atoms with van der Waals surface area (Å²) in [5.74, 6) is 1.04. The molecule has 0 spiro atoms. The van der Waals surface area contributed by atoms with Gasteiger partial charge in [0.25, 0.3) is 0 Å². The van der Waals surface area contributed by atoms with E-state index in [1.165, 1.54) is 0 Å². The van der Waals surface area contributed by atoms with Crippen molar-refractivity contribution >= 4 is 0 Å². The molecule has 1 aliphatic carbocycles. The number of allylic oxidation sites excluding steroid dienone is 4. The third-order valence-corrected chi connectivity index (χ3v) is 3.55. The van der Waals surface area contributed by atoms with Gasteiger partial charge in [0.1, 0.15) is 5.76 Å². The lowest BCUT2D eigenvalue weighted by Crippen LogP contribution is -2.29. The van der Waals surface area contributed by atoms with Gasteiger partial charge in [-0.05, 0) is 24.3 Å². The standard InChI is InChI=1S/C12H20O/c1-5-10-8-7-9(3)12(4,6-2)11(10)13/h7-9,13H,5-6H2,1-4H3. The first-order chi connectivity index (χ1) is 6.06. The first kappa shape index (κ1) is 10.4. The van der Waals surface area contributed by atoms with Gasteiger partial charge in [-0.25, -0.2) is 0 Å². The van der Waals surface area contributed by atoms with Gasteiger partial charge in [0.05, 0.1) is 0 Å². The fraction of sp³-hybridized carbons (Fsp3) is 0.667. The fourth-order valence-corrected chi connectivity index (χ4v) is 1.91. The molecule has 2 atom stereocenters. The Hall–Kier alpha value is -0.720. The number of hydrogen-bond acceptors (Lipinski definition) is 1. The van der Waals surface area contributed by atoms with Crippen LogP contribution in [0.15, 0.2) is 23.5 Å². The van der Waals surface area contributed by atoms with Crippen molar-refractivity contribution in [1.82, 2.24) is 0 Å². The molecule has 0 fully saturated rings. The summed E-state index contributed by atoms with van der Waals surface area (Å²) in [7, 11) is 0. The average molecular weight is 180 g/mol. The summed E-state index contributed by atoms with van der Waals surface area (Å²) in [6, 6.07) is 0. The lowest BCUT2D eigenvalue weighted by molar-refractivity contribution is 0.176. The SMILES string of the molecule is CCC1=C(O)C(C)(CC)C(C)C=C1. The maximum absolute atomic E-state index is 10.1. The molecule has 0 saturated carbocycles. The minimum Gasteiger partial charge on any atom is -0.511 e. The third-order valence-electron chi connectivity index (χ3n) is 3.55. The lowest BCUT2D eigenvalue weighted by atomic mass is 9.70. The van der Waals surface area contributed by atoms with E-state index < -0.39 is 0 Å². The molecule has 0 aromatic rings. The number of hydrogen-bond donors (Lipinski definition) is 1. The molecule has 1 heteroatoms. The van der Waals surface area contributed by atoms with Crippen LogP contribution >= 0.6 is 0 Å². The summed E-state index contributed by atoms with van der Waals surface area (Å²) < 4.78 is 0. The summed E-state index contributed by atoms with van der Waals surface area (Å²) in [6.45, 7) is 8.54. The van der Waals surface area contributed by atoms with E-state index in [9.17, 15) is 5.11 Å². The van der Waals surface area contributed by atoms with E-state index in [0.717, 1.165) is 18.4 Å². The van der Waals surface area contributed by atoms with Crippen molar-refractivity contribution < 1.29 is 5.11 Å². The van der Waals surface area contributed by atoms with Crippen molar-refractivity contribution in [2.45, 2.75) is 40.5 Å². The predicted molar refractivity (Wildman–Crippen MR) is 56.6 cm³/mol. The van der Waals surface area contributed by atoms with E-state index in [0.29, 0.717) is 11.7 Å². The largest absolute Gasteiger partial charge is 0.511 e. The van der Waals surface area contributed by atoms with Crippen molar-refractivity contribution in [3.05, 3.63) is 23.5 Å². The van der Waals surface area contributed by atoms with Gasteiger partial charge in [0.15, 0.2) is 0 Å². The predicted octanol–water partition coefficient (Wildman–Crippen LogP) is 3.83. The first-order valence-electron chi connectivity index (χ1n) is 5.17. The Morgan fingerprint density at radius 1 is 1.46 bits per heavy atom. The van der Waals surface area contributed by atoms with Gasteiger partial charge in [0.2, 0.25) is 0 Å². The monoisotopic (exact) mass is 180 g/mol. The van der Waals surface area contributed by atoms with E-state index in [1.54, 1.807) is 0 Å². The number of aliphatic hydroxyl groups excluding tert-OH is 1. The quantitative estimate of drug-likeness (QED) is 0.684. The van der Waals surface area contributed by atoms with Crippen LogP contribution < -0.4 is 0 Å². The summed E-state index contributed by atoms with van der Waals surface area (Å²) >= 11 is 0. The van der Waals surface area contributed by atoms with Crippen LogP contribution in [0.4, 0.5) is 0 Å². The molecule has 13 heavy (non-hydrogen) atoms. The molecular formula is C12H20O. The summed E-state index contributed by atoms with van der Waals surface area (Å²) in [4.78, 5) is 0. The van der Waals surface area contributed by atoms with Crippen LogP contribution in [0, 0.1) is 11.3 Å². The molecule has 1 rings (SSSR count). The molecular weight excluding hydrogens is 160 g/mol. The van der Waals surface area contributed by atoms with Gasteiger partial charge in [-0.2, -0.15) is 0 Å². The molecule has 0 aliphatic heterocycles. The smallest absolute Gasteiger partial charge is 0.102 e. The Morgan fingerprint density at radius 2 is 2.08 bits per heavy atom. The summed E-state index contributed by atoms with van der Waals surface area (Å²) in [6.07, 6.45) is 6.19. The highest BCUT2D eigenvalue weighted by Gasteiger charge is 2.35. The molecule has 0 aromatic carbocycles. The Labute approximate surface area is 81.2 Å². The first-order valence-corrected chi connectivity index (χ1v) is 5.17. The van der Waals surface area contributed by atoms with Crippen LogP contribution in [-0.2, 0) is 0 Å². The molecule has 1 nitrogen and oxygen atoms in total. The lowest BCUT2D eigenvalue weighted by Gasteiger charge is -2.36. The van der Waals surface area contributed by atoms with Gasteiger partial charge in [0, 0.05) is 5.41 Å². The van der Waals surface area contributed by atoms with Gasteiger partial charge in [-0.15, -0.1) is 0 Å². The third kappa shape index (κ3) is 1.52. The summed E-state index contributed by atoms with van der Waals surface area (Å²) in [5.41, 5.74) is 1.06. The van der Waals surface area contributed by atoms with Crippen LogP contribution in [0.25, 0.3) is 0 Å². The second-order valence-corrected chi connectivity index (χ2v) is 4.15. The molecule has 1 aliphatic rings. The minimum absolute atomic E-state index is 0.0416. The fourth-order valence-electron chi connectivity index (χ4n) is 1.91. The molecule has 0 heterocycles. The normalized spacial score (nSPS) is 34.0. The van der Waals surface area contributed by atoms with E-state index in [4.69, 9.17) is 0 Å². The average Bonchev–Trinajstić information content (AvgIpc) is 2.15. The Morgan fingerprint density at radius 3 is 2.54 bits per heavy atom. The molecule has 0 saturated heterocycles. The maximum atomic E-state index is 10.1. The van der Waals surface area contributed by atoms with Gasteiger partial charge >= 0.3 is 0 Å². The second-order valence-electron chi connectivity index (χ2n) is 4.15. The molecule has 2 unspecified atom stereocenters. The van der Waals surface area contributed by atoms with Gasteiger partial charge < -0.3 is 5.11 Å². The van der Waals surface area contributed by atoms with Gasteiger partial charge in [-0.3, -0.25) is 0 Å². The maximum Gasteiger partial charge on any atom is 0.102 e. The highest BCUT2D eigenvalue weighted by Crippen LogP contribution is 2.43. The Balaban J connectivity index is 3.09. The highest BCUT2D eigenvalue weighted by molar-refractivity contribution is 5.31. The van der Waals surface area contributed by atoms with Crippen molar-refractivity contribution in [1.29, 1.82) is 0 Å². The molecule has 0 radical (unpaired) electrons. The zero-order chi connectivity index (χ0) is 10.1. The molecule has 0 bridgehead atoms. The number of rotatable bonds is 2. The van der Waals surface area contributed by atoms with Crippen molar-refractivity contribution in [2.75, 3.05) is 0 Å². The van der Waals surface area contributed by atoms with Crippen molar-refractivity contribution in [3.63, 3.8) is 0 Å². The molecule has 0 amide bonds. The zero-order valence-corrected chi connectivity index (χ0v) is 9.09. The van der Waals surface area contributed by atoms with E-state index in [1.807, 2.05) is 0 Å². The van der Waals surface area contributed by atoms with Crippen LogP contribution in [0.2, 0.25) is 0 Å². The van der Waals surface area contributed by atoms with Crippen LogP contribution in [0.1, 0.15) is 40.5 Å². The van der Waals surface area contributed by atoms with Crippen LogP contribution in [-0.4, -0.2) is 5.11 Å². The Kier molecular flexibility index (Phi) is 2.84.